The molecule has 0 aromatic heterocycles. The molecule has 0 spiro atoms. The summed E-state index contributed by atoms with van der Waals surface area (Å²) in [6.07, 6.45) is 23.6. The monoisotopic (exact) mass is 484 g/mol. The first-order valence-corrected chi connectivity index (χ1v) is 13.8. The average molecular weight is 486 g/mol. The maximum Gasteiger partial charge on any atom is 0.0413 e. The van der Waals surface area contributed by atoms with E-state index in [0.717, 1.165) is 28.4 Å². The highest BCUT2D eigenvalue weighted by Crippen LogP contribution is 2.16. The second kappa shape index (κ2) is 20.7. The first kappa shape index (κ1) is 27.9. The van der Waals surface area contributed by atoms with E-state index in [9.17, 15) is 0 Å². The van der Waals surface area contributed by atoms with E-state index in [1.165, 1.54) is 103 Å². The number of halogens is 1. The Morgan fingerprint density at radius 3 is 1.45 bits per heavy atom. The van der Waals surface area contributed by atoms with Crippen LogP contribution < -0.4 is 0 Å². The van der Waals surface area contributed by atoms with Gasteiger partial charge in [-0.15, -0.1) is 0 Å². The smallest absolute Gasteiger partial charge is 0.0413 e. The van der Waals surface area contributed by atoms with E-state index in [0.29, 0.717) is 0 Å². The van der Waals surface area contributed by atoms with Crippen LogP contribution in [0.2, 0.25) is 0 Å². The van der Waals surface area contributed by atoms with Crippen molar-refractivity contribution in [1.82, 2.24) is 0 Å². The van der Waals surface area contributed by atoms with Gasteiger partial charge in [0.25, 0.3) is 0 Å². The van der Waals surface area contributed by atoms with Crippen molar-refractivity contribution in [3.05, 3.63) is 33.8 Å². The molecule has 0 bridgehead atoms. The third-order valence-electron chi connectivity index (χ3n) is 5.74. The molecule has 1 heteroatoms. The zero-order chi connectivity index (χ0) is 22.4. The maximum atomic E-state index is 3.58. The molecule has 0 radical (unpaired) electrons. The highest BCUT2D eigenvalue weighted by molar-refractivity contribution is 9.10. The molecule has 0 saturated heterocycles. The summed E-state index contributed by atoms with van der Waals surface area (Å²) in [4.78, 5) is 0. The summed E-state index contributed by atoms with van der Waals surface area (Å²) in [6, 6.07) is 6.29. The zero-order valence-electron chi connectivity index (χ0n) is 20.3. The SMILES string of the molecule is CCCCCCCCCCC#Cc1ccc(Br)cc1C#CCCCCCCCCCC. The minimum atomic E-state index is 0.993. The summed E-state index contributed by atoms with van der Waals surface area (Å²) in [5.74, 6) is 13.5. The Morgan fingerprint density at radius 2 is 0.968 bits per heavy atom. The van der Waals surface area contributed by atoms with Crippen molar-refractivity contribution in [1.29, 1.82) is 0 Å². The van der Waals surface area contributed by atoms with Gasteiger partial charge in [-0.25, -0.2) is 0 Å². The molecule has 0 saturated carbocycles. The lowest BCUT2D eigenvalue weighted by Crippen LogP contribution is -1.85. The van der Waals surface area contributed by atoms with Crippen LogP contribution in [0.25, 0.3) is 0 Å². The minimum absolute atomic E-state index is 0.993. The van der Waals surface area contributed by atoms with Crippen molar-refractivity contribution in [2.24, 2.45) is 0 Å². The summed E-state index contributed by atoms with van der Waals surface area (Å²) in [6.45, 7) is 4.55. The summed E-state index contributed by atoms with van der Waals surface area (Å²) in [5, 5.41) is 0. The van der Waals surface area contributed by atoms with Crippen LogP contribution in [0.15, 0.2) is 22.7 Å². The van der Waals surface area contributed by atoms with Crippen molar-refractivity contribution in [3.8, 4) is 23.7 Å². The highest BCUT2D eigenvalue weighted by atomic mass is 79.9. The topological polar surface area (TPSA) is 0 Å². The lowest BCUT2D eigenvalue weighted by molar-refractivity contribution is 0.579. The summed E-state index contributed by atoms with van der Waals surface area (Å²) in [5.41, 5.74) is 2.14. The van der Waals surface area contributed by atoms with Gasteiger partial charge < -0.3 is 0 Å². The lowest BCUT2D eigenvalue weighted by Gasteiger charge is -2.00. The van der Waals surface area contributed by atoms with Crippen molar-refractivity contribution in [2.45, 2.75) is 129 Å². The number of hydrogen-bond donors (Lipinski definition) is 0. The van der Waals surface area contributed by atoms with Crippen LogP contribution in [0.5, 0.6) is 0 Å². The lowest BCUT2D eigenvalue weighted by atomic mass is 10.1. The number of rotatable bonds is 16. The molecule has 1 aromatic rings. The summed E-state index contributed by atoms with van der Waals surface area (Å²) >= 11 is 3.58. The van der Waals surface area contributed by atoms with Crippen molar-refractivity contribution >= 4 is 15.9 Å². The third-order valence-corrected chi connectivity index (χ3v) is 6.23. The van der Waals surface area contributed by atoms with E-state index in [4.69, 9.17) is 0 Å². The van der Waals surface area contributed by atoms with Gasteiger partial charge in [0.05, 0.1) is 0 Å². The zero-order valence-corrected chi connectivity index (χ0v) is 21.9. The molecule has 0 amide bonds. The fraction of sp³-hybridized carbons (Fsp3) is 0.667. The Labute approximate surface area is 202 Å². The van der Waals surface area contributed by atoms with E-state index in [1.807, 2.05) is 0 Å². The second-order valence-corrected chi connectivity index (χ2v) is 9.66. The molecule has 1 rings (SSSR count). The molecule has 31 heavy (non-hydrogen) atoms. The molecule has 1 aromatic carbocycles. The molecular formula is C30H45Br. The predicted octanol–water partition coefficient (Wildman–Crippen LogP) is 10.2. The number of hydrogen-bond acceptors (Lipinski definition) is 0. The standard InChI is InChI=1S/C30H45Br/c1-3-5-7-9-11-13-15-17-19-21-23-28-25-26-30(31)27-29(28)24-22-20-18-16-14-12-10-8-6-4-2/h25-27H,3-20H2,1-2H3. The number of unbranched alkanes of at least 4 members (excludes halogenated alkanes) is 16. The predicted molar refractivity (Wildman–Crippen MR) is 142 cm³/mol. The molecule has 0 aliphatic rings. The molecule has 0 N–H and O–H groups in total. The summed E-state index contributed by atoms with van der Waals surface area (Å²) in [7, 11) is 0. The van der Waals surface area contributed by atoms with Gasteiger partial charge in [0.2, 0.25) is 0 Å². The Morgan fingerprint density at radius 1 is 0.548 bits per heavy atom. The second-order valence-electron chi connectivity index (χ2n) is 8.74. The fourth-order valence-electron chi connectivity index (χ4n) is 3.74. The van der Waals surface area contributed by atoms with E-state index in [1.54, 1.807) is 0 Å². The van der Waals surface area contributed by atoms with E-state index in [2.05, 4.69) is 71.7 Å². The van der Waals surface area contributed by atoms with Gasteiger partial charge >= 0.3 is 0 Å². The first-order chi connectivity index (χ1) is 15.3. The Kier molecular flexibility index (Phi) is 18.6. The third kappa shape index (κ3) is 16.2. The normalized spacial score (nSPS) is 10.3. The van der Waals surface area contributed by atoms with Gasteiger partial charge in [-0.3, -0.25) is 0 Å². The Balaban J connectivity index is 2.29. The fourth-order valence-corrected chi connectivity index (χ4v) is 4.10. The molecule has 0 fully saturated rings. The van der Waals surface area contributed by atoms with Crippen LogP contribution in [-0.4, -0.2) is 0 Å². The van der Waals surface area contributed by atoms with Crippen LogP contribution >= 0.6 is 15.9 Å². The minimum Gasteiger partial charge on any atom is -0.0978 e. The van der Waals surface area contributed by atoms with Gasteiger partial charge in [-0.2, -0.15) is 0 Å². The van der Waals surface area contributed by atoms with Gasteiger partial charge in [0.15, 0.2) is 0 Å². The molecule has 0 atom stereocenters. The molecule has 0 nitrogen and oxygen atoms in total. The molecule has 0 aliphatic heterocycles. The van der Waals surface area contributed by atoms with Gasteiger partial charge in [0.1, 0.15) is 0 Å². The number of benzene rings is 1. The van der Waals surface area contributed by atoms with Crippen LogP contribution in [0, 0.1) is 23.7 Å². The van der Waals surface area contributed by atoms with Crippen molar-refractivity contribution < 1.29 is 0 Å². The van der Waals surface area contributed by atoms with E-state index < -0.39 is 0 Å². The molecular weight excluding hydrogens is 440 g/mol. The van der Waals surface area contributed by atoms with Crippen molar-refractivity contribution in [2.75, 3.05) is 0 Å². The largest absolute Gasteiger partial charge is 0.0978 e. The van der Waals surface area contributed by atoms with Crippen molar-refractivity contribution in [3.63, 3.8) is 0 Å². The van der Waals surface area contributed by atoms with Crippen LogP contribution in [0.1, 0.15) is 141 Å². The first-order valence-electron chi connectivity index (χ1n) is 13.0. The Hall–Kier alpha value is -1.18. The maximum absolute atomic E-state index is 3.58. The highest BCUT2D eigenvalue weighted by Gasteiger charge is 1.98. The molecule has 0 aliphatic carbocycles. The van der Waals surface area contributed by atoms with Gasteiger partial charge in [-0.1, -0.05) is 143 Å². The van der Waals surface area contributed by atoms with Crippen LogP contribution in [0.4, 0.5) is 0 Å². The van der Waals surface area contributed by atoms with Crippen LogP contribution in [0.3, 0.4) is 0 Å². The van der Waals surface area contributed by atoms with E-state index in [-0.39, 0.29) is 0 Å². The molecule has 0 heterocycles. The van der Waals surface area contributed by atoms with Gasteiger partial charge in [0, 0.05) is 28.4 Å². The molecule has 172 valence electrons. The average Bonchev–Trinajstić information content (AvgIpc) is 2.77. The van der Waals surface area contributed by atoms with E-state index >= 15 is 0 Å². The van der Waals surface area contributed by atoms with Crippen LogP contribution in [-0.2, 0) is 0 Å². The quantitative estimate of drug-likeness (QED) is 0.161. The Bertz CT molecular complexity index is 680. The van der Waals surface area contributed by atoms with Gasteiger partial charge in [-0.05, 0) is 31.0 Å². The molecule has 0 unspecified atom stereocenters. The summed E-state index contributed by atoms with van der Waals surface area (Å²) < 4.78 is 1.08.